The minimum absolute atomic E-state index is 0. The molecule has 0 saturated heterocycles. The van der Waals surface area contributed by atoms with E-state index < -0.39 is 18.0 Å². The largest absolute Gasteiger partial charge is 0.508 e. The third-order valence-corrected chi connectivity index (χ3v) is 6.88. The number of hydrogen-bond acceptors (Lipinski definition) is 10. The topological polar surface area (TPSA) is 201 Å². The monoisotopic (exact) mass is 906 g/mol. The standard InChI is InChI=1S/C16H15ClN2O4.C15H12ClN5O3.Ac/c1-23-15(21)13-6-5-11(8-14(13)17)19-16(22)18-9-10-3-2-4-12(20)7-10;16-13-7-10(4-5-12(13)14(23)24)21-15(18-19-20-21)17-8-9-2-1-3-11(22)6-9;/h2-8,20H,9H2,1H3,(H2,18,19,22);1-7,22H,8H2,(H,23,24)(H,17,18,20);. The number of tetrazole rings is 1. The number of benzene rings is 4. The number of urea groups is 1. The summed E-state index contributed by atoms with van der Waals surface area (Å²) in [5.41, 5.74) is 2.80. The predicted molar refractivity (Wildman–Crippen MR) is 173 cm³/mol. The zero-order valence-electron chi connectivity index (χ0n) is 25.1. The molecule has 5 rings (SSSR count). The second-order valence-electron chi connectivity index (χ2n) is 9.57. The number of aromatic carboxylic acids is 1. The quantitative estimate of drug-likeness (QED) is 0.102. The van der Waals surface area contributed by atoms with E-state index in [4.69, 9.17) is 28.3 Å². The maximum Gasteiger partial charge on any atom is 0.339 e. The Morgan fingerprint density at radius 2 is 1.46 bits per heavy atom. The second-order valence-corrected chi connectivity index (χ2v) is 10.4. The number of ether oxygens (including phenoxy) is 1. The molecule has 0 aliphatic rings. The van der Waals surface area contributed by atoms with E-state index in [1.54, 1.807) is 54.6 Å². The number of aromatic hydroxyl groups is 2. The zero-order chi connectivity index (χ0) is 33.9. The molecule has 0 unspecified atom stereocenters. The molecular weight excluding hydrogens is 880 g/mol. The van der Waals surface area contributed by atoms with Crippen LogP contribution in [-0.2, 0) is 17.8 Å². The minimum Gasteiger partial charge on any atom is -0.508 e. The van der Waals surface area contributed by atoms with Gasteiger partial charge in [0.2, 0.25) is 5.95 Å². The number of rotatable bonds is 9. The number of carboxylic acid groups (broad SMARTS) is 1. The van der Waals surface area contributed by atoms with Crippen LogP contribution in [0.1, 0.15) is 31.8 Å². The predicted octanol–water partition coefficient (Wildman–Crippen LogP) is 5.49. The summed E-state index contributed by atoms with van der Waals surface area (Å²) in [4.78, 5) is 34.3. The van der Waals surface area contributed by atoms with Crippen LogP contribution in [-0.4, -0.2) is 60.6 Å². The number of phenols is 2. The molecule has 0 bridgehead atoms. The fraction of sp³-hybridized carbons (Fsp3) is 0.0968. The fourth-order valence-electron chi connectivity index (χ4n) is 4.02. The van der Waals surface area contributed by atoms with Gasteiger partial charge in [0.15, 0.2) is 0 Å². The van der Waals surface area contributed by atoms with Crippen LogP contribution in [0.25, 0.3) is 5.69 Å². The van der Waals surface area contributed by atoms with Crippen molar-refractivity contribution in [3.63, 3.8) is 0 Å². The van der Waals surface area contributed by atoms with E-state index in [1.807, 2.05) is 6.07 Å². The van der Waals surface area contributed by atoms with Crippen molar-refractivity contribution < 1.29 is 78.5 Å². The SMILES string of the molecule is COC(=O)c1ccc(NC(=O)NCc2cccc(O)c2)cc1Cl.O=C(O)c1ccc(-n2nnnc2NCc2cccc(O)c2)cc1Cl.[Ac]. The zero-order valence-corrected chi connectivity index (χ0v) is 31.4. The van der Waals surface area contributed by atoms with E-state index in [1.165, 1.54) is 36.1 Å². The maximum atomic E-state index is 11.8. The minimum atomic E-state index is -1.11. The molecule has 0 spiro atoms. The Bertz CT molecular complexity index is 1910. The van der Waals surface area contributed by atoms with Gasteiger partial charge in [-0.25, -0.2) is 14.4 Å². The summed E-state index contributed by atoms with van der Waals surface area (Å²) >= 11 is 11.9. The summed E-state index contributed by atoms with van der Waals surface area (Å²) in [6.07, 6.45) is 0. The van der Waals surface area contributed by atoms with Gasteiger partial charge in [-0.05, 0) is 82.2 Å². The third-order valence-electron chi connectivity index (χ3n) is 6.25. The average Bonchev–Trinajstić information content (AvgIpc) is 3.51. The van der Waals surface area contributed by atoms with E-state index >= 15 is 0 Å². The Morgan fingerprint density at radius 1 is 0.833 bits per heavy atom. The summed E-state index contributed by atoms with van der Waals surface area (Å²) < 4.78 is 5.99. The number of nitrogens with one attached hydrogen (secondary N) is 3. The Labute approximate surface area is 319 Å². The van der Waals surface area contributed by atoms with Gasteiger partial charge in [-0.2, -0.15) is 4.68 Å². The maximum absolute atomic E-state index is 11.8. The van der Waals surface area contributed by atoms with Crippen LogP contribution in [0, 0.1) is 44.1 Å². The average molecular weight is 908 g/mol. The van der Waals surface area contributed by atoms with Crippen LogP contribution < -0.4 is 16.0 Å². The van der Waals surface area contributed by atoms with Gasteiger partial charge >= 0.3 is 18.0 Å². The number of hydrogen-bond donors (Lipinski definition) is 6. The molecule has 0 aliphatic carbocycles. The van der Waals surface area contributed by atoms with Crippen LogP contribution in [0.5, 0.6) is 11.5 Å². The van der Waals surface area contributed by atoms with Crippen molar-refractivity contribution in [1.82, 2.24) is 25.5 Å². The van der Waals surface area contributed by atoms with Gasteiger partial charge in [0, 0.05) is 62.8 Å². The summed E-state index contributed by atoms with van der Waals surface area (Å²) in [6, 6.07) is 21.8. The molecule has 2 amide bonds. The van der Waals surface area contributed by atoms with Crippen LogP contribution in [0.2, 0.25) is 10.0 Å². The first-order valence-electron chi connectivity index (χ1n) is 13.6. The first-order chi connectivity index (χ1) is 22.5. The smallest absolute Gasteiger partial charge is 0.339 e. The summed E-state index contributed by atoms with van der Waals surface area (Å²) in [6.45, 7) is 0.657. The number of carboxylic acids is 1. The molecule has 1 heterocycles. The third kappa shape index (κ3) is 10.8. The van der Waals surface area contributed by atoms with Crippen LogP contribution in [0.3, 0.4) is 0 Å². The molecule has 6 N–H and O–H groups in total. The normalized spacial score (nSPS) is 10.1. The summed E-state index contributed by atoms with van der Waals surface area (Å²) in [7, 11) is 1.26. The summed E-state index contributed by atoms with van der Waals surface area (Å²) in [5.74, 6) is -0.988. The molecule has 0 atom stereocenters. The van der Waals surface area contributed by atoms with Crippen molar-refractivity contribution in [2.75, 3.05) is 17.7 Å². The summed E-state index contributed by atoms with van der Waals surface area (Å²) in [5, 5.41) is 47.8. The molecular formula is C31H27AcCl2N7O7. The van der Waals surface area contributed by atoms with Crippen molar-refractivity contribution in [3.8, 4) is 17.2 Å². The number of carbonyl (C=O) groups excluding carboxylic acids is 2. The Balaban J connectivity index is 0.000000255. The van der Waals surface area contributed by atoms with Crippen molar-refractivity contribution >= 4 is 52.8 Å². The molecule has 0 fully saturated rings. The molecule has 0 aliphatic heterocycles. The Kier molecular flexibility index (Phi) is 14.4. The number of aromatic nitrogens is 4. The molecule has 0 saturated carbocycles. The molecule has 4 aromatic carbocycles. The van der Waals surface area contributed by atoms with Gasteiger partial charge in [-0.3, -0.25) is 0 Å². The number of anilines is 2. The van der Waals surface area contributed by atoms with E-state index in [2.05, 4.69) is 36.2 Å². The number of phenolic OH excluding ortho intramolecular Hbond substituents is 2. The van der Waals surface area contributed by atoms with Crippen molar-refractivity contribution in [3.05, 3.63) is 117 Å². The van der Waals surface area contributed by atoms with Gasteiger partial charge < -0.3 is 36.0 Å². The molecule has 14 nitrogen and oxygen atoms in total. The molecule has 48 heavy (non-hydrogen) atoms. The van der Waals surface area contributed by atoms with Crippen LogP contribution in [0.15, 0.2) is 84.9 Å². The van der Waals surface area contributed by atoms with Gasteiger partial charge in [0.1, 0.15) is 11.5 Å². The van der Waals surface area contributed by atoms with E-state index in [0.717, 1.165) is 11.1 Å². The van der Waals surface area contributed by atoms with E-state index in [0.29, 0.717) is 23.9 Å². The van der Waals surface area contributed by atoms with E-state index in [-0.39, 0.29) is 83.3 Å². The van der Waals surface area contributed by atoms with Crippen molar-refractivity contribution in [2.24, 2.45) is 0 Å². The molecule has 245 valence electrons. The molecule has 1 aromatic heterocycles. The molecule has 1 radical (unpaired) electrons. The number of nitrogens with zero attached hydrogens (tertiary/aromatic N) is 4. The number of esters is 1. The Hall–Kier alpha value is -4.42. The number of carbonyl (C=O) groups is 3. The Morgan fingerprint density at radius 3 is 2.04 bits per heavy atom. The number of amides is 2. The molecule has 5 aromatic rings. The van der Waals surface area contributed by atoms with Gasteiger partial charge in [0.05, 0.1) is 34.0 Å². The fourth-order valence-corrected chi connectivity index (χ4v) is 4.53. The van der Waals surface area contributed by atoms with Gasteiger partial charge in [-0.1, -0.05) is 52.6 Å². The van der Waals surface area contributed by atoms with E-state index in [9.17, 15) is 24.6 Å². The first kappa shape index (κ1) is 38.0. The van der Waals surface area contributed by atoms with Crippen molar-refractivity contribution in [2.45, 2.75) is 13.1 Å². The van der Waals surface area contributed by atoms with Crippen LogP contribution >= 0.6 is 23.2 Å². The van der Waals surface area contributed by atoms with Crippen LogP contribution in [0.4, 0.5) is 16.4 Å². The number of halogens is 2. The number of methoxy groups -OCH3 is 1. The van der Waals surface area contributed by atoms with Gasteiger partial charge in [-0.15, -0.1) is 0 Å². The van der Waals surface area contributed by atoms with Gasteiger partial charge in [0.25, 0.3) is 0 Å². The molecule has 17 heteroatoms. The first-order valence-corrected chi connectivity index (χ1v) is 14.3. The van der Waals surface area contributed by atoms with Crippen molar-refractivity contribution in [1.29, 1.82) is 0 Å². The second kappa shape index (κ2) is 18.2.